The van der Waals surface area contributed by atoms with E-state index in [-0.39, 0.29) is 0 Å². The second-order valence-corrected chi connectivity index (χ2v) is 7.71. The number of carboxylic acids is 2. The summed E-state index contributed by atoms with van der Waals surface area (Å²) in [5.41, 5.74) is 3.97. The Morgan fingerprint density at radius 3 is 2.00 bits per heavy atom. The molecule has 2 unspecified atom stereocenters. The number of aliphatic carboxylic acids is 2. The highest BCUT2D eigenvalue weighted by molar-refractivity contribution is 5.89. The molecule has 2 N–H and O–H groups in total. The van der Waals surface area contributed by atoms with E-state index in [2.05, 4.69) is 71.4 Å². The standard InChI is InChI=1S/C20H24N2.C4H4O4/c1-21-18-11-12-20(21)15-22(14-13-18)19-9-7-17(8-10-19)16-5-3-2-4-6-16;5-3(6)1-2-4(7)8/h2-10,18,20H,11-15H2,1H3;1-2H,(H,5,6)(H,7,8)/b;2-1+. The topological polar surface area (TPSA) is 81.1 Å². The molecule has 0 amide bonds. The Morgan fingerprint density at radius 1 is 0.833 bits per heavy atom. The van der Waals surface area contributed by atoms with Crippen LogP contribution in [0.15, 0.2) is 66.7 Å². The molecule has 6 heteroatoms. The summed E-state index contributed by atoms with van der Waals surface area (Å²) in [5, 5.41) is 15.6. The summed E-state index contributed by atoms with van der Waals surface area (Å²) in [4.78, 5) is 24.3. The van der Waals surface area contributed by atoms with E-state index in [1.807, 2.05) is 0 Å². The number of rotatable bonds is 4. The Hall–Kier alpha value is -3.12. The third-order valence-electron chi connectivity index (χ3n) is 5.86. The van der Waals surface area contributed by atoms with Crippen molar-refractivity contribution >= 4 is 17.6 Å². The van der Waals surface area contributed by atoms with E-state index in [0.717, 1.165) is 12.1 Å². The smallest absolute Gasteiger partial charge is 0.328 e. The molecule has 6 nitrogen and oxygen atoms in total. The van der Waals surface area contributed by atoms with Gasteiger partial charge in [0.05, 0.1) is 0 Å². The van der Waals surface area contributed by atoms with Crippen molar-refractivity contribution in [3.63, 3.8) is 0 Å². The van der Waals surface area contributed by atoms with Crippen molar-refractivity contribution in [1.29, 1.82) is 0 Å². The van der Waals surface area contributed by atoms with Crippen LogP contribution in [-0.4, -0.2) is 59.3 Å². The van der Waals surface area contributed by atoms with E-state index in [1.54, 1.807) is 0 Å². The number of hydrogen-bond acceptors (Lipinski definition) is 4. The van der Waals surface area contributed by atoms with Gasteiger partial charge < -0.3 is 15.1 Å². The molecular formula is C24H28N2O4. The molecule has 4 rings (SSSR count). The van der Waals surface area contributed by atoms with Gasteiger partial charge in [-0.25, -0.2) is 9.59 Å². The van der Waals surface area contributed by atoms with Crippen LogP contribution in [0.2, 0.25) is 0 Å². The minimum atomic E-state index is -1.26. The monoisotopic (exact) mass is 408 g/mol. The fourth-order valence-corrected chi connectivity index (χ4v) is 4.18. The molecule has 0 aliphatic carbocycles. The Balaban J connectivity index is 0.000000275. The SMILES string of the molecule is CN1C2CCC1CN(c1ccc(-c3ccccc3)cc1)CC2.O=C(O)/C=C/C(=O)O. The highest BCUT2D eigenvalue weighted by Gasteiger charge is 2.34. The largest absolute Gasteiger partial charge is 0.478 e. The zero-order valence-electron chi connectivity index (χ0n) is 17.1. The van der Waals surface area contributed by atoms with Gasteiger partial charge >= 0.3 is 11.9 Å². The van der Waals surface area contributed by atoms with Gasteiger partial charge in [-0.05, 0) is 49.6 Å². The molecule has 0 aromatic heterocycles. The number of carbonyl (C=O) groups is 2. The molecule has 2 atom stereocenters. The summed E-state index contributed by atoms with van der Waals surface area (Å²) in [5.74, 6) is -2.51. The first-order chi connectivity index (χ1) is 14.4. The first kappa shape index (κ1) is 21.6. The lowest BCUT2D eigenvalue weighted by Crippen LogP contribution is -2.36. The van der Waals surface area contributed by atoms with E-state index in [9.17, 15) is 9.59 Å². The first-order valence-electron chi connectivity index (χ1n) is 10.2. The number of anilines is 1. The predicted octanol–water partition coefficient (Wildman–Crippen LogP) is 3.74. The fourth-order valence-electron chi connectivity index (χ4n) is 4.18. The lowest BCUT2D eigenvalue weighted by atomic mass is 10.0. The van der Waals surface area contributed by atoms with Crippen molar-refractivity contribution in [2.45, 2.75) is 31.3 Å². The van der Waals surface area contributed by atoms with Gasteiger partial charge in [0.2, 0.25) is 0 Å². The quantitative estimate of drug-likeness (QED) is 0.750. The molecule has 2 aromatic rings. The Morgan fingerprint density at radius 2 is 1.40 bits per heavy atom. The third kappa shape index (κ3) is 5.70. The molecule has 2 fully saturated rings. The number of benzene rings is 2. The van der Waals surface area contributed by atoms with Crippen LogP contribution in [0.25, 0.3) is 11.1 Å². The zero-order chi connectivity index (χ0) is 21.5. The van der Waals surface area contributed by atoms with Crippen LogP contribution >= 0.6 is 0 Å². The predicted molar refractivity (Wildman–Crippen MR) is 118 cm³/mol. The summed E-state index contributed by atoms with van der Waals surface area (Å²) in [7, 11) is 2.31. The van der Waals surface area contributed by atoms with Gasteiger partial charge in [0.25, 0.3) is 0 Å². The third-order valence-corrected chi connectivity index (χ3v) is 5.86. The second-order valence-electron chi connectivity index (χ2n) is 7.71. The van der Waals surface area contributed by atoms with Crippen LogP contribution in [0.3, 0.4) is 0 Å². The molecule has 2 bridgehead atoms. The molecular weight excluding hydrogens is 380 g/mol. The number of hydrogen-bond donors (Lipinski definition) is 2. The van der Waals surface area contributed by atoms with E-state index in [4.69, 9.17) is 10.2 Å². The summed E-state index contributed by atoms with van der Waals surface area (Å²) < 4.78 is 0. The molecule has 2 aromatic carbocycles. The molecule has 0 radical (unpaired) electrons. The van der Waals surface area contributed by atoms with Gasteiger partial charge in [0.15, 0.2) is 0 Å². The van der Waals surface area contributed by atoms with Gasteiger partial charge in [-0.3, -0.25) is 4.90 Å². The van der Waals surface area contributed by atoms with Gasteiger partial charge in [-0.15, -0.1) is 0 Å². The maximum absolute atomic E-state index is 9.55. The van der Waals surface area contributed by atoms with Crippen molar-refractivity contribution < 1.29 is 19.8 Å². The molecule has 30 heavy (non-hydrogen) atoms. The normalized spacial score (nSPS) is 21.0. The van der Waals surface area contributed by atoms with Crippen molar-refractivity contribution in [3.8, 4) is 11.1 Å². The highest BCUT2D eigenvalue weighted by Crippen LogP contribution is 2.31. The summed E-state index contributed by atoms with van der Waals surface area (Å²) >= 11 is 0. The molecule has 0 spiro atoms. The van der Waals surface area contributed by atoms with Gasteiger partial charge in [0.1, 0.15) is 0 Å². The van der Waals surface area contributed by atoms with E-state index in [1.165, 1.54) is 49.2 Å². The molecule has 2 saturated heterocycles. The van der Waals surface area contributed by atoms with Gasteiger partial charge in [-0.2, -0.15) is 0 Å². The minimum absolute atomic E-state index is 0.558. The number of nitrogens with zero attached hydrogens (tertiary/aromatic N) is 2. The molecule has 2 aliphatic heterocycles. The number of carboxylic acid groups (broad SMARTS) is 2. The van der Waals surface area contributed by atoms with Crippen LogP contribution in [0.1, 0.15) is 19.3 Å². The summed E-state index contributed by atoms with van der Waals surface area (Å²) in [6.07, 6.45) is 5.17. The molecule has 2 aliphatic rings. The van der Waals surface area contributed by atoms with E-state index >= 15 is 0 Å². The molecule has 0 saturated carbocycles. The van der Waals surface area contributed by atoms with Gasteiger partial charge in [0, 0.05) is 43.0 Å². The summed E-state index contributed by atoms with van der Waals surface area (Å²) in [6.45, 7) is 2.37. The number of likely N-dealkylation sites (N-methyl/N-ethyl adjacent to an activating group) is 1. The van der Waals surface area contributed by atoms with Crippen molar-refractivity contribution in [2.24, 2.45) is 0 Å². The van der Waals surface area contributed by atoms with E-state index < -0.39 is 11.9 Å². The van der Waals surface area contributed by atoms with Crippen LogP contribution < -0.4 is 4.90 Å². The fraction of sp³-hybridized carbons (Fsp3) is 0.333. The molecule has 158 valence electrons. The van der Waals surface area contributed by atoms with Crippen molar-refractivity contribution in [3.05, 3.63) is 66.7 Å². The molecule has 2 heterocycles. The maximum Gasteiger partial charge on any atom is 0.328 e. The van der Waals surface area contributed by atoms with Crippen molar-refractivity contribution in [1.82, 2.24) is 4.90 Å². The Kier molecular flexibility index (Phi) is 7.25. The average Bonchev–Trinajstić information content (AvgIpc) is 2.99. The lowest BCUT2D eigenvalue weighted by Gasteiger charge is -2.27. The van der Waals surface area contributed by atoms with E-state index in [0.29, 0.717) is 12.2 Å². The van der Waals surface area contributed by atoms with Crippen LogP contribution in [0.5, 0.6) is 0 Å². The Labute approximate surface area is 177 Å². The maximum atomic E-state index is 9.55. The van der Waals surface area contributed by atoms with Crippen LogP contribution in [0, 0.1) is 0 Å². The second kappa shape index (κ2) is 10.1. The van der Waals surface area contributed by atoms with Crippen LogP contribution in [-0.2, 0) is 9.59 Å². The summed E-state index contributed by atoms with van der Waals surface area (Å²) in [6, 6.07) is 21.3. The van der Waals surface area contributed by atoms with Gasteiger partial charge in [-0.1, -0.05) is 42.5 Å². The highest BCUT2D eigenvalue weighted by atomic mass is 16.4. The van der Waals surface area contributed by atoms with Crippen molar-refractivity contribution in [2.75, 3.05) is 25.0 Å². The average molecular weight is 408 g/mol. The Bertz CT molecular complexity index is 864. The number of fused-ring (bicyclic) bond motifs is 2. The lowest BCUT2D eigenvalue weighted by molar-refractivity contribution is -0.134. The van der Waals surface area contributed by atoms with Crippen LogP contribution in [0.4, 0.5) is 5.69 Å². The first-order valence-corrected chi connectivity index (χ1v) is 10.2. The minimum Gasteiger partial charge on any atom is -0.478 e. The zero-order valence-corrected chi connectivity index (χ0v) is 17.1.